The van der Waals surface area contributed by atoms with Gasteiger partial charge in [-0.2, -0.15) is 23.9 Å². The minimum Gasteiger partial charge on any atom is -0.491 e. The standard InChI is InChI=1S/C24H32N4O5.C22H30N4O5S/c1-24(2,3)33-23(30)27-13-11-26(12-14-27)19-17-25-28-18-9-5-6-10-20(18)31-15-7-4-8-16-32-21(19)22(28)29;1-17(2)32(28,29)25-12-10-24(11-13-25)19-16-23-26-18-8-4-5-9-20(18)30-14-6-3-7-15-31-21(19)22(26)27/h5-6,9-10,17H,4,7-8,11-16H2,1-3H3;4-5,8-9,16-17H,3,6-7,10-15H2,1-2H3. The summed E-state index contributed by atoms with van der Waals surface area (Å²) in [6, 6.07) is 14.7. The van der Waals surface area contributed by atoms with Gasteiger partial charge in [0.15, 0.2) is 0 Å². The zero-order chi connectivity index (χ0) is 46.1. The van der Waals surface area contributed by atoms with Crippen molar-refractivity contribution in [2.24, 2.45) is 0 Å². The molecule has 0 atom stereocenters. The van der Waals surface area contributed by atoms with Gasteiger partial charge in [0.1, 0.15) is 39.8 Å². The predicted molar refractivity (Wildman–Crippen MR) is 247 cm³/mol. The molecule has 0 unspecified atom stereocenters. The quantitative estimate of drug-likeness (QED) is 0.259. The first-order valence-corrected chi connectivity index (χ1v) is 24.1. The number of carbonyl (C=O) groups is 1. The lowest BCUT2D eigenvalue weighted by molar-refractivity contribution is 0.0240. The van der Waals surface area contributed by atoms with Crippen molar-refractivity contribution in [3.63, 3.8) is 0 Å². The first kappa shape index (κ1) is 47.2. The number of sulfonamides is 1. The number of rotatable bonds is 4. The van der Waals surface area contributed by atoms with Gasteiger partial charge in [-0.1, -0.05) is 24.3 Å². The van der Waals surface area contributed by atoms with Crippen LogP contribution in [0.15, 0.2) is 70.5 Å². The SMILES string of the molecule is CC(C)(C)OC(=O)N1CCN(c2cnn3c(=O)c2OCCCCCOc2ccccc2-3)CC1.CC(C)S(=O)(=O)N1CCN(c2cnn3c(=O)c2OCCCCCOc2ccccc2-3)CC1. The van der Waals surface area contributed by atoms with E-state index in [1.54, 1.807) is 37.2 Å². The van der Waals surface area contributed by atoms with Gasteiger partial charge in [-0.3, -0.25) is 9.59 Å². The number of ether oxygens (including phenoxy) is 5. The average molecular weight is 919 g/mol. The van der Waals surface area contributed by atoms with Gasteiger partial charge in [-0.05, 0) is 97.4 Å². The summed E-state index contributed by atoms with van der Waals surface area (Å²) in [5, 5.41) is 8.41. The first-order valence-electron chi connectivity index (χ1n) is 22.6. The van der Waals surface area contributed by atoms with E-state index in [4.69, 9.17) is 23.7 Å². The molecular weight excluding hydrogens is 857 g/mol. The number of aromatic nitrogens is 4. The summed E-state index contributed by atoms with van der Waals surface area (Å²) in [6.07, 6.45) is 8.31. The molecular formula is C46H62N8O10S. The summed E-state index contributed by atoms with van der Waals surface area (Å²) in [4.78, 5) is 45.0. The number of hydrogen-bond donors (Lipinski definition) is 0. The molecule has 0 saturated carbocycles. The molecule has 2 fully saturated rings. The van der Waals surface area contributed by atoms with E-state index in [1.165, 1.54) is 13.7 Å². The molecule has 65 heavy (non-hydrogen) atoms. The van der Waals surface area contributed by atoms with Gasteiger partial charge in [0.05, 0.1) is 44.1 Å². The predicted octanol–water partition coefficient (Wildman–Crippen LogP) is 5.27. The molecule has 2 aromatic heterocycles. The average Bonchev–Trinajstić information content (AvgIpc) is 3.29. The second-order valence-electron chi connectivity index (χ2n) is 17.5. The van der Waals surface area contributed by atoms with Crippen LogP contribution in [-0.4, -0.2) is 133 Å². The molecule has 0 aliphatic carbocycles. The van der Waals surface area contributed by atoms with Crippen LogP contribution in [0.5, 0.6) is 23.0 Å². The van der Waals surface area contributed by atoms with Gasteiger partial charge in [0.2, 0.25) is 21.5 Å². The van der Waals surface area contributed by atoms with Crippen LogP contribution in [0.2, 0.25) is 0 Å². The van der Waals surface area contributed by atoms with Crippen LogP contribution in [0.1, 0.15) is 73.1 Å². The fourth-order valence-electron chi connectivity index (χ4n) is 7.84. The highest BCUT2D eigenvalue weighted by Gasteiger charge is 2.32. The molecule has 4 aliphatic rings. The molecule has 18 nitrogen and oxygen atoms in total. The smallest absolute Gasteiger partial charge is 0.410 e. The Kier molecular flexibility index (Phi) is 15.2. The summed E-state index contributed by atoms with van der Waals surface area (Å²) in [6.45, 7) is 14.7. The topological polar surface area (TPSA) is 180 Å². The van der Waals surface area contributed by atoms with Gasteiger partial charge in [0.25, 0.3) is 0 Å². The van der Waals surface area contributed by atoms with Crippen LogP contribution in [-0.2, 0) is 14.8 Å². The van der Waals surface area contributed by atoms with Crippen LogP contribution in [0.25, 0.3) is 11.4 Å². The minimum atomic E-state index is -3.31. The molecule has 6 heterocycles. The molecule has 2 aromatic carbocycles. The molecule has 1 amide bonds. The molecule has 352 valence electrons. The van der Waals surface area contributed by atoms with Crippen molar-refractivity contribution in [1.82, 2.24) is 28.8 Å². The van der Waals surface area contributed by atoms with Crippen molar-refractivity contribution in [2.45, 2.75) is 84.0 Å². The van der Waals surface area contributed by atoms with Gasteiger partial charge >= 0.3 is 17.2 Å². The summed E-state index contributed by atoms with van der Waals surface area (Å²) >= 11 is 0. The first-order chi connectivity index (χ1) is 31.2. The minimum absolute atomic E-state index is 0.246. The Morgan fingerprint density at radius 1 is 0.600 bits per heavy atom. The third kappa shape index (κ3) is 11.4. The molecule has 2 saturated heterocycles. The lowest BCUT2D eigenvalue weighted by Crippen LogP contribution is -2.50. The normalized spacial score (nSPS) is 17.6. The highest BCUT2D eigenvalue weighted by Crippen LogP contribution is 2.31. The number of anilines is 2. The maximum absolute atomic E-state index is 13.5. The molecule has 4 aromatic rings. The summed E-state index contributed by atoms with van der Waals surface area (Å²) in [5.41, 5.74) is 1.21. The van der Waals surface area contributed by atoms with Crippen molar-refractivity contribution >= 4 is 27.5 Å². The van der Waals surface area contributed by atoms with E-state index in [-0.39, 0.29) is 28.7 Å². The van der Waals surface area contributed by atoms with E-state index in [9.17, 15) is 22.8 Å². The third-order valence-electron chi connectivity index (χ3n) is 11.4. The number of piperazine rings is 2. The van der Waals surface area contributed by atoms with Gasteiger partial charge in [0, 0.05) is 52.4 Å². The third-order valence-corrected chi connectivity index (χ3v) is 13.7. The van der Waals surface area contributed by atoms with E-state index >= 15 is 0 Å². The molecule has 0 radical (unpaired) electrons. The summed E-state index contributed by atoms with van der Waals surface area (Å²) in [7, 11) is -3.31. The highest BCUT2D eigenvalue weighted by molar-refractivity contribution is 7.89. The van der Waals surface area contributed by atoms with Gasteiger partial charge in [-0.25, -0.2) is 13.2 Å². The lowest BCUT2D eigenvalue weighted by atomic mass is 10.2. The second-order valence-corrected chi connectivity index (χ2v) is 20.0. The van der Waals surface area contributed by atoms with E-state index in [0.29, 0.717) is 113 Å². The number of benzene rings is 2. The Bertz CT molecular complexity index is 2490. The fourth-order valence-corrected chi connectivity index (χ4v) is 9.11. The number of para-hydroxylation sites is 4. The van der Waals surface area contributed by atoms with Crippen LogP contribution in [0, 0.1) is 0 Å². The summed E-state index contributed by atoms with van der Waals surface area (Å²) < 4.78 is 58.5. The maximum atomic E-state index is 13.5. The number of fused-ring (bicyclic) bond motifs is 8. The van der Waals surface area contributed by atoms with E-state index < -0.39 is 20.9 Å². The van der Waals surface area contributed by atoms with Gasteiger partial charge in [-0.15, -0.1) is 0 Å². The Morgan fingerprint density at radius 2 is 1.02 bits per heavy atom. The molecule has 4 aliphatic heterocycles. The van der Waals surface area contributed by atoms with Crippen LogP contribution < -0.4 is 39.9 Å². The molecule has 0 N–H and O–H groups in total. The second kappa shape index (κ2) is 21.0. The number of hydrogen-bond acceptors (Lipinski definition) is 14. The van der Waals surface area contributed by atoms with E-state index in [1.807, 2.05) is 73.0 Å². The molecule has 0 spiro atoms. The number of amides is 1. The molecule has 4 bridgehead atoms. The van der Waals surface area contributed by atoms with Crippen molar-refractivity contribution < 1.29 is 36.9 Å². The monoisotopic (exact) mass is 918 g/mol. The summed E-state index contributed by atoms with van der Waals surface area (Å²) in [5.74, 6) is 1.76. The van der Waals surface area contributed by atoms with Crippen molar-refractivity contribution in [1.29, 1.82) is 0 Å². The van der Waals surface area contributed by atoms with E-state index in [0.717, 1.165) is 38.5 Å². The molecule has 8 rings (SSSR count). The van der Waals surface area contributed by atoms with Crippen LogP contribution in [0.4, 0.5) is 16.2 Å². The maximum Gasteiger partial charge on any atom is 0.410 e. The zero-order valence-corrected chi connectivity index (χ0v) is 39.0. The fraction of sp³-hybridized carbons (Fsp3) is 0.543. The molecule has 19 heteroatoms. The zero-order valence-electron chi connectivity index (χ0n) is 38.1. The Balaban J connectivity index is 0.000000194. The van der Waals surface area contributed by atoms with Crippen LogP contribution >= 0.6 is 0 Å². The number of nitrogens with zero attached hydrogens (tertiary/aromatic N) is 8. The van der Waals surface area contributed by atoms with E-state index in [2.05, 4.69) is 10.2 Å². The van der Waals surface area contributed by atoms with Crippen LogP contribution in [0.3, 0.4) is 0 Å². The Labute approximate surface area is 380 Å². The van der Waals surface area contributed by atoms with Gasteiger partial charge < -0.3 is 38.4 Å². The Morgan fingerprint density at radius 3 is 1.45 bits per heavy atom. The van der Waals surface area contributed by atoms with Crippen molar-refractivity contribution in [2.75, 3.05) is 88.6 Å². The Hall–Kier alpha value is -5.82. The lowest BCUT2D eigenvalue weighted by Gasteiger charge is -2.37. The largest absolute Gasteiger partial charge is 0.491 e. The van der Waals surface area contributed by atoms with Crippen molar-refractivity contribution in [3.8, 4) is 34.4 Å². The number of carbonyl (C=O) groups excluding carboxylic acids is 1. The van der Waals surface area contributed by atoms with Crippen molar-refractivity contribution in [3.05, 3.63) is 81.6 Å². The highest BCUT2D eigenvalue weighted by atomic mass is 32.2.